The third-order valence-corrected chi connectivity index (χ3v) is 5.78. The molecule has 9 heteroatoms. The van der Waals surface area contributed by atoms with Gasteiger partial charge in [0.05, 0.1) is 6.54 Å². The standard InChI is InChI=1S/C21H33N7S.HI/c1-5-19-24-21(29-25-19)28-13-11-27(12-14-28)20(22-6-2)23-15-17-9-7-8-10-18(17)16-26(3)4;/h7-10H,5-6,11-16H2,1-4H3,(H,22,23);1H. The van der Waals surface area contributed by atoms with Crippen LogP contribution in [0, 0.1) is 0 Å². The Balaban J connectivity index is 0.00000320. The normalized spacial score (nSPS) is 14.8. The van der Waals surface area contributed by atoms with Gasteiger partial charge < -0.3 is 20.0 Å². The van der Waals surface area contributed by atoms with Gasteiger partial charge in [-0.15, -0.1) is 24.0 Å². The summed E-state index contributed by atoms with van der Waals surface area (Å²) < 4.78 is 4.42. The molecular weight excluding hydrogens is 509 g/mol. The van der Waals surface area contributed by atoms with Crippen molar-refractivity contribution >= 4 is 46.6 Å². The van der Waals surface area contributed by atoms with E-state index < -0.39 is 0 Å². The van der Waals surface area contributed by atoms with Crippen molar-refractivity contribution in [2.75, 3.05) is 51.7 Å². The summed E-state index contributed by atoms with van der Waals surface area (Å²) in [5, 5.41) is 4.51. The smallest absolute Gasteiger partial charge is 0.205 e. The van der Waals surface area contributed by atoms with E-state index in [-0.39, 0.29) is 24.0 Å². The first-order chi connectivity index (χ1) is 14.1. The van der Waals surface area contributed by atoms with Crippen LogP contribution in [0.2, 0.25) is 0 Å². The molecule has 1 aliphatic heterocycles. The lowest BCUT2D eigenvalue weighted by Gasteiger charge is -2.36. The lowest BCUT2D eigenvalue weighted by molar-refractivity contribution is 0.372. The minimum Gasteiger partial charge on any atom is -0.357 e. The number of nitrogens with one attached hydrogen (secondary N) is 1. The number of aliphatic imine (C=N–C) groups is 1. The lowest BCUT2D eigenvalue weighted by atomic mass is 10.1. The minimum atomic E-state index is 0. The maximum Gasteiger partial charge on any atom is 0.205 e. The lowest BCUT2D eigenvalue weighted by Crippen LogP contribution is -2.52. The predicted molar refractivity (Wildman–Crippen MR) is 137 cm³/mol. The van der Waals surface area contributed by atoms with Crippen molar-refractivity contribution in [1.82, 2.24) is 24.5 Å². The molecule has 1 aromatic heterocycles. The van der Waals surface area contributed by atoms with Crippen molar-refractivity contribution in [2.45, 2.75) is 33.4 Å². The number of aryl methyl sites for hydroxylation is 1. The molecule has 0 atom stereocenters. The highest BCUT2D eigenvalue weighted by molar-refractivity contribution is 14.0. The molecule has 2 aromatic rings. The van der Waals surface area contributed by atoms with Gasteiger partial charge in [0.25, 0.3) is 0 Å². The number of nitrogens with zero attached hydrogens (tertiary/aromatic N) is 6. The zero-order valence-corrected chi connectivity index (χ0v) is 21.6. The summed E-state index contributed by atoms with van der Waals surface area (Å²) in [4.78, 5) is 16.5. The Morgan fingerprint density at radius 3 is 2.43 bits per heavy atom. The van der Waals surface area contributed by atoms with E-state index in [0.29, 0.717) is 6.54 Å². The molecule has 1 aliphatic rings. The van der Waals surface area contributed by atoms with E-state index >= 15 is 0 Å². The number of aromatic nitrogens is 2. The maximum atomic E-state index is 4.96. The Bertz CT molecular complexity index is 800. The third-order valence-electron chi connectivity index (χ3n) is 4.96. The molecule has 166 valence electrons. The number of rotatable bonds is 7. The summed E-state index contributed by atoms with van der Waals surface area (Å²) in [7, 11) is 4.20. The van der Waals surface area contributed by atoms with Crippen molar-refractivity contribution in [3.05, 3.63) is 41.2 Å². The molecule has 0 saturated carbocycles. The average Bonchev–Trinajstić information content (AvgIpc) is 3.21. The van der Waals surface area contributed by atoms with Crippen molar-refractivity contribution in [2.24, 2.45) is 4.99 Å². The van der Waals surface area contributed by atoms with Crippen LogP contribution >= 0.6 is 35.5 Å². The molecule has 0 aliphatic carbocycles. The number of guanidine groups is 1. The summed E-state index contributed by atoms with van der Waals surface area (Å²) in [6, 6.07) is 8.59. The first kappa shape index (κ1) is 24.8. The summed E-state index contributed by atoms with van der Waals surface area (Å²) in [5.74, 6) is 1.94. The zero-order valence-electron chi connectivity index (χ0n) is 18.5. The van der Waals surface area contributed by atoms with Crippen molar-refractivity contribution in [3.63, 3.8) is 0 Å². The molecular formula is C21H34IN7S. The van der Waals surface area contributed by atoms with Crippen molar-refractivity contribution < 1.29 is 0 Å². The van der Waals surface area contributed by atoms with Gasteiger partial charge in [0.15, 0.2) is 5.96 Å². The highest BCUT2D eigenvalue weighted by atomic mass is 127. The summed E-state index contributed by atoms with van der Waals surface area (Å²) in [6.45, 7) is 10.5. The van der Waals surface area contributed by atoms with Crippen LogP contribution in [0.4, 0.5) is 5.13 Å². The van der Waals surface area contributed by atoms with Gasteiger partial charge in [-0.05, 0) is 32.1 Å². The first-order valence-electron chi connectivity index (χ1n) is 10.4. The van der Waals surface area contributed by atoms with Gasteiger partial charge in [-0.3, -0.25) is 0 Å². The van der Waals surface area contributed by atoms with Crippen LogP contribution in [0.25, 0.3) is 0 Å². The maximum absolute atomic E-state index is 4.96. The molecule has 1 N–H and O–H groups in total. The second-order valence-electron chi connectivity index (χ2n) is 7.50. The molecule has 0 radical (unpaired) electrons. The van der Waals surface area contributed by atoms with Crippen LogP contribution in [0.15, 0.2) is 29.3 Å². The van der Waals surface area contributed by atoms with Crippen LogP contribution in [0.3, 0.4) is 0 Å². The van der Waals surface area contributed by atoms with Gasteiger partial charge in [0.1, 0.15) is 5.82 Å². The fraction of sp³-hybridized carbons (Fsp3) is 0.571. The van der Waals surface area contributed by atoms with E-state index in [1.165, 1.54) is 22.7 Å². The van der Waals surface area contributed by atoms with Crippen LogP contribution in [-0.2, 0) is 19.5 Å². The summed E-state index contributed by atoms with van der Waals surface area (Å²) in [6.07, 6.45) is 0.892. The van der Waals surface area contributed by atoms with Gasteiger partial charge in [-0.2, -0.15) is 4.37 Å². The largest absolute Gasteiger partial charge is 0.357 e. The highest BCUT2D eigenvalue weighted by Gasteiger charge is 2.22. The van der Waals surface area contributed by atoms with E-state index in [1.54, 1.807) is 0 Å². The molecule has 2 heterocycles. The molecule has 3 rings (SSSR count). The number of hydrogen-bond donors (Lipinski definition) is 1. The van der Waals surface area contributed by atoms with Gasteiger partial charge in [-0.25, -0.2) is 9.98 Å². The average molecular weight is 544 g/mol. The Morgan fingerprint density at radius 1 is 1.13 bits per heavy atom. The fourth-order valence-electron chi connectivity index (χ4n) is 3.42. The van der Waals surface area contributed by atoms with Crippen LogP contribution in [0.1, 0.15) is 30.8 Å². The Morgan fingerprint density at radius 2 is 1.83 bits per heavy atom. The monoisotopic (exact) mass is 543 g/mol. The number of benzene rings is 1. The molecule has 1 aromatic carbocycles. The van der Waals surface area contributed by atoms with Crippen LogP contribution < -0.4 is 10.2 Å². The quantitative estimate of drug-likeness (QED) is 0.329. The molecule has 1 fully saturated rings. The molecule has 0 amide bonds. The van der Waals surface area contributed by atoms with Crippen molar-refractivity contribution in [1.29, 1.82) is 0 Å². The second kappa shape index (κ2) is 12.4. The van der Waals surface area contributed by atoms with Crippen molar-refractivity contribution in [3.8, 4) is 0 Å². The van der Waals surface area contributed by atoms with E-state index in [4.69, 9.17) is 4.99 Å². The van der Waals surface area contributed by atoms with Gasteiger partial charge in [-0.1, -0.05) is 31.2 Å². The topological polar surface area (TPSA) is 59.9 Å². The molecule has 7 nitrogen and oxygen atoms in total. The Labute approximate surface area is 201 Å². The van der Waals surface area contributed by atoms with Gasteiger partial charge in [0.2, 0.25) is 5.13 Å². The summed E-state index contributed by atoms with van der Waals surface area (Å²) >= 11 is 1.51. The molecule has 0 spiro atoms. The van der Waals surface area contributed by atoms with Crippen LogP contribution in [-0.4, -0.2) is 71.9 Å². The molecule has 0 unspecified atom stereocenters. The van der Waals surface area contributed by atoms with Crippen LogP contribution in [0.5, 0.6) is 0 Å². The highest BCUT2D eigenvalue weighted by Crippen LogP contribution is 2.19. The Kier molecular flexibility index (Phi) is 10.3. The fourth-order valence-corrected chi connectivity index (χ4v) is 4.22. The van der Waals surface area contributed by atoms with Gasteiger partial charge in [0, 0.05) is 57.2 Å². The number of piperazine rings is 1. The SMILES string of the molecule is CCNC(=NCc1ccccc1CN(C)C)N1CCN(c2nc(CC)ns2)CC1.I. The first-order valence-corrected chi connectivity index (χ1v) is 11.2. The van der Waals surface area contributed by atoms with E-state index in [1.807, 2.05) is 0 Å². The minimum absolute atomic E-state index is 0. The number of anilines is 1. The predicted octanol–water partition coefficient (Wildman–Crippen LogP) is 3.07. The second-order valence-corrected chi connectivity index (χ2v) is 8.23. The zero-order chi connectivity index (χ0) is 20.6. The van der Waals surface area contributed by atoms with E-state index in [9.17, 15) is 0 Å². The summed E-state index contributed by atoms with van der Waals surface area (Å²) in [5.41, 5.74) is 2.63. The molecule has 1 saturated heterocycles. The molecule has 0 bridgehead atoms. The van der Waals surface area contributed by atoms with Gasteiger partial charge >= 0.3 is 0 Å². The van der Waals surface area contributed by atoms with E-state index in [2.05, 4.69) is 81.6 Å². The number of hydrogen-bond acceptors (Lipinski definition) is 6. The van der Waals surface area contributed by atoms with E-state index in [0.717, 1.165) is 62.6 Å². The number of halogens is 1. The Hall–Kier alpha value is -1.46. The third kappa shape index (κ3) is 6.78. The molecule has 30 heavy (non-hydrogen) atoms.